The number of esters is 1. The van der Waals surface area contributed by atoms with E-state index in [-0.39, 0.29) is 17.8 Å². The average molecular weight is 311 g/mol. The summed E-state index contributed by atoms with van der Waals surface area (Å²) in [6, 6.07) is 4.33. The molecule has 0 radical (unpaired) electrons. The van der Waals surface area contributed by atoms with Crippen molar-refractivity contribution in [3.05, 3.63) is 29.6 Å². The Balaban J connectivity index is 2.16. The molecule has 2 rings (SSSR count). The zero-order valence-corrected chi connectivity index (χ0v) is 13.1. The maximum Gasteiger partial charge on any atom is 0.303 e. The second-order valence-electron chi connectivity index (χ2n) is 5.45. The molecule has 21 heavy (non-hydrogen) atoms. The number of carbonyl (C=O) groups is 2. The summed E-state index contributed by atoms with van der Waals surface area (Å²) >= 11 is 1.64. The predicted molar refractivity (Wildman–Crippen MR) is 78.5 cm³/mol. The number of ether oxygens (including phenoxy) is 1. The minimum atomic E-state index is -1.25. The molecule has 1 N–H and O–H groups in total. The maximum absolute atomic E-state index is 13.4. The summed E-state index contributed by atoms with van der Waals surface area (Å²) in [5.74, 6) is -0.377. The van der Waals surface area contributed by atoms with Crippen molar-refractivity contribution in [2.75, 3.05) is 5.75 Å². The molecule has 0 saturated heterocycles. The highest BCUT2D eigenvalue weighted by Crippen LogP contribution is 2.36. The molecule has 1 aromatic carbocycles. The van der Waals surface area contributed by atoms with Crippen molar-refractivity contribution in [2.45, 2.75) is 43.7 Å². The number of rotatable bonds is 3. The Bertz CT molecular complexity index is 574. The van der Waals surface area contributed by atoms with Crippen LogP contribution in [-0.4, -0.2) is 23.2 Å². The molecule has 6 heteroatoms. The first-order chi connectivity index (χ1) is 9.79. The Morgan fingerprint density at radius 1 is 1.43 bits per heavy atom. The molecule has 1 aliphatic heterocycles. The fourth-order valence-electron chi connectivity index (χ4n) is 2.25. The normalized spacial score (nSPS) is 17.8. The summed E-state index contributed by atoms with van der Waals surface area (Å²) < 4.78 is 18.4. The fraction of sp³-hybridized carbons (Fsp3) is 0.467. The summed E-state index contributed by atoms with van der Waals surface area (Å²) in [7, 11) is 0. The van der Waals surface area contributed by atoms with Crippen LogP contribution in [0.5, 0.6) is 0 Å². The van der Waals surface area contributed by atoms with Crippen LogP contribution in [-0.2, 0) is 14.3 Å². The van der Waals surface area contributed by atoms with Crippen LogP contribution in [0.2, 0.25) is 0 Å². The van der Waals surface area contributed by atoms with Crippen molar-refractivity contribution in [1.29, 1.82) is 0 Å². The van der Waals surface area contributed by atoms with Gasteiger partial charge in [0.1, 0.15) is 5.82 Å². The zero-order valence-electron chi connectivity index (χ0n) is 12.2. The number of thioether (sulfide) groups is 1. The van der Waals surface area contributed by atoms with Gasteiger partial charge in [-0.05, 0) is 44.0 Å². The monoisotopic (exact) mass is 311 g/mol. The van der Waals surface area contributed by atoms with Crippen molar-refractivity contribution >= 4 is 23.6 Å². The number of halogens is 1. The molecule has 114 valence electrons. The average Bonchev–Trinajstić information content (AvgIpc) is 2.38. The van der Waals surface area contributed by atoms with Gasteiger partial charge in [-0.15, -0.1) is 11.8 Å². The van der Waals surface area contributed by atoms with Gasteiger partial charge in [-0.1, -0.05) is 0 Å². The van der Waals surface area contributed by atoms with Crippen LogP contribution in [0.25, 0.3) is 0 Å². The number of fused-ring (bicyclic) bond motifs is 1. The summed E-state index contributed by atoms with van der Waals surface area (Å²) in [6.07, 6.45) is 0.711. The van der Waals surface area contributed by atoms with Gasteiger partial charge in [-0.2, -0.15) is 0 Å². The van der Waals surface area contributed by atoms with E-state index in [0.29, 0.717) is 6.42 Å². The smallest absolute Gasteiger partial charge is 0.303 e. The summed E-state index contributed by atoms with van der Waals surface area (Å²) in [6.45, 7) is 4.33. The van der Waals surface area contributed by atoms with E-state index in [0.717, 1.165) is 16.2 Å². The van der Waals surface area contributed by atoms with Crippen LogP contribution >= 0.6 is 11.8 Å². The first kappa shape index (κ1) is 15.8. The summed E-state index contributed by atoms with van der Waals surface area (Å²) in [5.41, 5.74) is -0.470. The fourth-order valence-corrected chi connectivity index (χ4v) is 3.36. The van der Waals surface area contributed by atoms with Crippen LogP contribution in [0.1, 0.15) is 38.8 Å². The molecule has 1 heterocycles. The number of carbonyl (C=O) groups excluding carboxylic acids is 2. The van der Waals surface area contributed by atoms with Gasteiger partial charge in [0.15, 0.2) is 5.60 Å². The SMILES string of the molecule is CC(=O)OC(C)(C)C(=O)NC1CCSc2ccc(F)cc21. The number of benzene rings is 1. The van der Waals surface area contributed by atoms with Gasteiger partial charge in [0.25, 0.3) is 5.91 Å². The lowest BCUT2D eigenvalue weighted by Crippen LogP contribution is -2.46. The van der Waals surface area contributed by atoms with Gasteiger partial charge in [-0.25, -0.2) is 4.39 Å². The first-order valence-electron chi connectivity index (χ1n) is 6.72. The highest BCUT2D eigenvalue weighted by atomic mass is 32.2. The minimum absolute atomic E-state index is 0.265. The Morgan fingerprint density at radius 2 is 2.14 bits per heavy atom. The number of nitrogens with one attached hydrogen (secondary N) is 1. The molecule has 1 aliphatic rings. The van der Waals surface area contributed by atoms with Gasteiger partial charge in [-0.3, -0.25) is 9.59 Å². The molecule has 0 aliphatic carbocycles. The largest absolute Gasteiger partial charge is 0.450 e. The first-order valence-corrected chi connectivity index (χ1v) is 7.71. The van der Waals surface area contributed by atoms with E-state index in [1.807, 2.05) is 0 Å². The highest BCUT2D eigenvalue weighted by Gasteiger charge is 2.34. The van der Waals surface area contributed by atoms with Gasteiger partial charge in [0, 0.05) is 17.6 Å². The minimum Gasteiger partial charge on any atom is -0.450 e. The van der Waals surface area contributed by atoms with Gasteiger partial charge < -0.3 is 10.1 Å². The van der Waals surface area contributed by atoms with E-state index < -0.39 is 11.6 Å². The molecule has 1 atom stereocenters. The lowest BCUT2D eigenvalue weighted by atomic mass is 10.0. The maximum atomic E-state index is 13.4. The number of amides is 1. The van der Waals surface area contributed by atoms with E-state index in [2.05, 4.69) is 5.32 Å². The second kappa shape index (κ2) is 6.05. The molecule has 0 bridgehead atoms. The molecule has 4 nitrogen and oxygen atoms in total. The molecule has 1 aromatic rings. The number of hydrogen-bond donors (Lipinski definition) is 1. The highest BCUT2D eigenvalue weighted by molar-refractivity contribution is 7.99. The van der Waals surface area contributed by atoms with Crippen molar-refractivity contribution in [2.24, 2.45) is 0 Å². The topological polar surface area (TPSA) is 55.4 Å². The Morgan fingerprint density at radius 3 is 2.81 bits per heavy atom. The van der Waals surface area contributed by atoms with Crippen LogP contribution in [0.3, 0.4) is 0 Å². The van der Waals surface area contributed by atoms with Gasteiger partial charge >= 0.3 is 5.97 Å². The lowest BCUT2D eigenvalue weighted by molar-refractivity contribution is -0.163. The van der Waals surface area contributed by atoms with E-state index in [1.54, 1.807) is 17.8 Å². The zero-order chi connectivity index (χ0) is 15.6. The molecule has 0 spiro atoms. The summed E-state index contributed by atoms with van der Waals surface area (Å²) in [4.78, 5) is 24.3. The molecular formula is C15H18FNO3S. The molecule has 0 fully saturated rings. The Labute approximate surface area is 127 Å². The van der Waals surface area contributed by atoms with E-state index in [1.165, 1.54) is 32.9 Å². The van der Waals surface area contributed by atoms with E-state index in [9.17, 15) is 14.0 Å². The van der Waals surface area contributed by atoms with Crippen molar-refractivity contribution in [3.8, 4) is 0 Å². The Kier molecular flexibility index (Phi) is 4.56. The van der Waals surface area contributed by atoms with Crippen molar-refractivity contribution in [3.63, 3.8) is 0 Å². The third kappa shape index (κ3) is 3.75. The van der Waals surface area contributed by atoms with Gasteiger partial charge in [0.2, 0.25) is 0 Å². The van der Waals surface area contributed by atoms with E-state index >= 15 is 0 Å². The molecule has 1 unspecified atom stereocenters. The van der Waals surface area contributed by atoms with Crippen molar-refractivity contribution in [1.82, 2.24) is 5.32 Å². The van der Waals surface area contributed by atoms with Gasteiger partial charge in [0.05, 0.1) is 6.04 Å². The number of hydrogen-bond acceptors (Lipinski definition) is 4. The molecule has 0 saturated carbocycles. The van der Waals surface area contributed by atoms with Crippen LogP contribution in [0.15, 0.2) is 23.1 Å². The standard InChI is InChI=1S/C15H18FNO3S/c1-9(18)20-15(2,3)14(19)17-12-6-7-21-13-5-4-10(16)8-11(12)13/h4-5,8,12H,6-7H2,1-3H3,(H,17,19). The van der Waals surface area contributed by atoms with Crippen LogP contribution < -0.4 is 5.32 Å². The summed E-state index contributed by atoms with van der Waals surface area (Å²) in [5, 5.41) is 2.85. The Hall–Kier alpha value is -1.56. The van der Waals surface area contributed by atoms with Crippen LogP contribution in [0, 0.1) is 5.82 Å². The predicted octanol–water partition coefficient (Wildman–Crippen LogP) is 2.82. The molecule has 1 amide bonds. The quantitative estimate of drug-likeness (QED) is 0.872. The molecular weight excluding hydrogens is 293 g/mol. The third-order valence-electron chi connectivity index (χ3n) is 3.26. The third-order valence-corrected chi connectivity index (χ3v) is 4.38. The second-order valence-corrected chi connectivity index (χ2v) is 6.59. The van der Waals surface area contributed by atoms with Crippen molar-refractivity contribution < 1.29 is 18.7 Å². The molecule has 0 aromatic heterocycles. The van der Waals surface area contributed by atoms with E-state index in [4.69, 9.17) is 4.74 Å². The van der Waals surface area contributed by atoms with Crippen LogP contribution in [0.4, 0.5) is 4.39 Å². The lowest BCUT2D eigenvalue weighted by Gasteiger charge is -2.30.